The van der Waals surface area contributed by atoms with Crippen LogP contribution in [-0.4, -0.2) is 33.1 Å². The molecule has 20 heavy (non-hydrogen) atoms. The normalized spacial score (nSPS) is 10.1. The van der Waals surface area contributed by atoms with Gasteiger partial charge in [0.2, 0.25) is 0 Å². The van der Waals surface area contributed by atoms with Crippen LogP contribution in [0.5, 0.6) is 0 Å². The van der Waals surface area contributed by atoms with E-state index in [9.17, 15) is 9.70 Å². The van der Waals surface area contributed by atoms with Gasteiger partial charge in [0.05, 0.1) is 4.91 Å². The van der Waals surface area contributed by atoms with Gasteiger partial charge in [-0.1, -0.05) is 30.3 Å². The highest BCUT2D eigenvalue weighted by atomic mass is 32.1. The molecule has 0 spiro atoms. The lowest BCUT2D eigenvalue weighted by atomic mass is 10.2. The molecule has 0 aliphatic heterocycles. The number of carbonyl (C=O) groups is 1. The molecule has 104 valence electrons. The monoisotopic (exact) mass is 293 g/mol. The Hall–Kier alpha value is -2.48. The topological polar surface area (TPSA) is 85.5 Å². The van der Waals surface area contributed by atoms with Gasteiger partial charge in [-0.3, -0.25) is 5.32 Å². The van der Waals surface area contributed by atoms with Crippen molar-refractivity contribution in [3.8, 4) is 0 Å². The molecule has 1 aromatic carbocycles. The highest BCUT2D eigenvalue weighted by molar-refractivity contribution is 7.18. The molecule has 2 amide bonds. The number of amides is 2. The van der Waals surface area contributed by atoms with Crippen molar-refractivity contribution in [3.05, 3.63) is 47.0 Å². The van der Waals surface area contributed by atoms with Crippen molar-refractivity contribution in [1.82, 2.24) is 9.88 Å². The van der Waals surface area contributed by atoms with Gasteiger partial charge in [-0.2, -0.15) is 0 Å². The lowest BCUT2D eigenvalue weighted by Crippen LogP contribution is -2.30. The number of benzene rings is 1. The minimum atomic E-state index is -0.342. The van der Waals surface area contributed by atoms with Crippen LogP contribution in [0.3, 0.4) is 0 Å². The molecule has 1 aromatic heterocycles. The summed E-state index contributed by atoms with van der Waals surface area (Å²) in [6, 6.07) is 9.21. The van der Waals surface area contributed by atoms with Gasteiger partial charge >= 0.3 is 11.0 Å². The summed E-state index contributed by atoms with van der Waals surface area (Å²) in [6.45, 7) is 0.457. The zero-order valence-electron chi connectivity index (χ0n) is 10.7. The van der Waals surface area contributed by atoms with Crippen LogP contribution in [0, 0.1) is 4.91 Å². The smallest absolute Gasteiger partial charge is 0.323 e. The molecule has 0 atom stereocenters. The van der Waals surface area contributed by atoms with Crippen LogP contribution < -0.4 is 5.32 Å². The van der Waals surface area contributed by atoms with Crippen LogP contribution in [0.4, 0.5) is 14.9 Å². The standard InChI is InChI=1S/C12H12N4O3S/c1-15(8-9-5-3-2-4-6-9)12(17)14-11-13-7-10(20-11)16(18)19/h2-7H,8H2,1H3,(H-,13,14,17,18,19)/p+1. The Morgan fingerprint density at radius 1 is 1.45 bits per heavy atom. The Kier molecular flexibility index (Phi) is 4.26. The van der Waals surface area contributed by atoms with Crippen LogP contribution in [0.25, 0.3) is 0 Å². The number of anilines is 1. The minimum Gasteiger partial charge on any atom is -0.323 e. The zero-order chi connectivity index (χ0) is 14.5. The first-order valence-electron chi connectivity index (χ1n) is 5.74. The molecule has 0 saturated carbocycles. The lowest BCUT2D eigenvalue weighted by molar-refractivity contribution is -0.727. The van der Waals surface area contributed by atoms with E-state index in [0.717, 1.165) is 16.9 Å². The first-order valence-corrected chi connectivity index (χ1v) is 6.56. The van der Waals surface area contributed by atoms with Gasteiger partial charge in [-0.15, -0.1) is 0 Å². The molecule has 0 aliphatic carbocycles. The van der Waals surface area contributed by atoms with E-state index >= 15 is 0 Å². The lowest BCUT2D eigenvalue weighted by Gasteiger charge is -2.16. The Balaban J connectivity index is 1.95. The number of urea groups is 1. The van der Waals surface area contributed by atoms with Crippen LogP contribution in [0.2, 0.25) is 0 Å². The number of hydrogen-bond donors (Lipinski definition) is 2. The molecular formula is C12H13N4O3S+. The number of nitrogens with one attached hydrogen (secondary N) is 1. The summed E-state index contributed by atoms with van der Waals surface area (Å²) < 4.78 is 0. The largest absolute Gasteiger partial charge is 0.392 e. The molecule has 0 aliphatic rings. The van der Waals surface area contributed by atoms with Crippen molar-refractivity contribution in [3.63, 3.8) is 0 Å². The Morgan fingerprint density at radius 3 is 2.75 bits per heavy atom. The molecule has 0 unspecified atom stereocenters. The second kappa shape index (κ2) is 6.11. The van der Waals surface area contributed by atoms with Crippen molar-refractivity contribution in [2.24, 2.45) is 0 Å². The average Bonchev–Trinajstić information content (AvgIpc) is 2.88. The van der Waals surface area contributed by atoms with E-state index in [1.165, 1.54) is 11.1 Å². The van der Waals surface area contributed by atoms with Crippen LogP contribution >= 0.6 is 11.3 Å². The SMILES string of the molecule is CN(Cc1ccccc1)C(=O)Nc1ncc([N+](=O)O)s1. The number of thiazole rings is 1. The molecule has 2 aromatic rings. The van der Waals surface area contributed by atoms with E-state index in [2.05, 4.69) is 10.3 Å². The average molecular weight is 293 g/mol. The van der Waals surface area contributed by atoms with Crippen molar-refractivity contribution >= 4 is 27.5 Å². The maximum absolute atomic E-state index is 11.9. The fraction of sp³-hybridized carbons (Fsp3) is 0.167. The summed E-state index contributed by atoms with van der Waals surface area (Å²) in [5, 5.41) is 11.5. The summed E-state index contributed by atoms with van der Waals surface area (Å²) in [6.07, 6.45) is 1.18. The Morgan fingerprint density at radius 2 is 2.15 bits per heavy atom. The van der Waals surface area contributed by atoms with Crippen LogP contribution in [-0.2, 0) is 6.54 Å². The minimum absolute atomic E-state index is 0.00557. The zero-order valence-corrected chi connectivity index (χ0v) is 11.5. The van der Waals surface area contributed by atoms with Crippen LogP contribution in [0.15, 0.2) is 36.5 Å². The van der Waals surface area contributed by atoms with Gasteiger partial charge < -0.3 is 4.90 Å². The van der Waals surface area contributed by atoms with Crippen LogP contribution in [0.1, 0.15) is 5.56 Å². The third kappa shape index (κ3) is 3.51. The molecule has 0 radical (unpaired) electrons. The maximum atomic E-state index is 11.9. The van der Waals surface area contributed by atoms with Gasteiger partial charge in [0.25, 0.3) is 4.92 Å². The summed E-state index contributed by atoms with van der Waals surface area (Å²) in [7, 11) is 1.66. The number of hydrogen-bond acceptors (Lipinski definition) is 4. The van der Waals surface area contributed by atoms with Gasteiger partial charge in [-0.05, 0) is 16.9 Å². The van der Waals surface area contributed by atoms with E-state index in [-0.39, 0.29) is 21.1 Å². The number of rotatable bonds is 4. The fourth-order valence-corrected chi connectivity index (χ4v) is 2.15. The molecule has 2 N–H and O–H groups in total. The second-order valence-electron chi connectivity index (χ2n) is 4.05. The predicted molar refractivity (Wildman–Crippen MR) is 74.1 cm³/mol. The Labute approximate surface area is 119 Å². The summed E-state index contributed by atoms with van der Waals surface area (Å²) in [5.41, 5.74) is 1.01. The molecule has 0 bridgehead atoms. The quantitative estimate of drug-likeness (QED) is 0.848. The van der Waals surface area contributed by atoms with Gasteiger partial charge in [-0.25, -0.2) is 15.0 Å². The molecule has 1 heterocycles. The highest BCUT2D eigenvalue weighted by Crippen LogP contribution is 2.24. The second-order valence-corrected chi connectivity index (χ2v) is 5.06. The highest BCUT2D eigenvalue weighted by Gasteiger charge is 2.19. The van der Waals surface area contributed by atoms with Crippen molar-refractivity contribution < 1.29 is 14.9 Å². The summed E-state index contributed by atoms with van der Waals surface area (Å²) in [4.78, 5) is 27.6. The molecule has 8 heteroatoms. The number of aromatic nitrogens is 1. The third-order valence-electron chi connectivity index (χ3n) is 2.51. The third-order valence-corrected chi connectivity index (χ3v) is 3.38. The van der Waals surface area contributed by atoms with E-state index in [1.54, 1.807) is 7.05 Å². The first-order chi connectivity index (χ1) is 9.56. The first kappa shape index (κ1) is 13.9. The van der Waals surface area contributed by atoms with E-state index in [0.29, 0.717) is 6.54 Å². The number of carbonyl (C=O) groups excluding carboxylic acids is 1. The predicted octanol–water partition coefficient (Wildman–Crippen LogP) is 2.61. The van der Waals surface area contributed by atoms with Gasteiger partial charge in [0.15, 0.2) is 5.13 Å². The van der Waals surface area contributed by atoms with Crippen molar-refractivity contribution in [2.45, 2.75) is 6.54 Å². The molecular weight excluding hydrogens is 280 g/mol. The molecule has 0 saturated heterocycles. The van der Waals surface area contributed by atoms with E-state index in [4.69, 9.17) is 5.21 Å². The van der Waals surface area contributed by atoms with Crippen molar-refractivity contribution in [2.75, 3.05) is 12.4 Å². The molecule has 7 nitrogen and oxygen atoms in total. The summed E-state index contributed by atoms with van der Waals surface area (Å²) in [5.74, 6) is 0. The molecule has 2 rings (SSSR count). The Bertz CT molecular complexity index is 614. The summed E-state index contributed by atoms with van der Waals surface area (Å²) >= 11 is 0.887. The van der Waals surface area contributed by atoms with Crippen molar-refractivity contribution in [1.29, 1.82) is 0 Å². The number of nitrogens with zero attached hydrogens (tertiary/aromatic N) is 3. The van der Waals surface area contributed by atoms with E-state index < -0.39 is 0 Å². The van der Waals surface area contributed by atoms with E-state index in [1.807, 2.05) is 30.3 Å². The van der Waals surface area contributed by atoms with Gasteiger partial charge in [0.1, 0.15) is 6.20 Å². The molecule has 0 fully saturated rings. The fourth-order valence-electron chi connectivity index (χ4n) is 1.53. The maximum Gasteiger partial charge on any atom is 0.392 e. The van der Waals surface area contributed by atoms with Gasteiger partial charge in [0, 0.05) is 13.6 Å².